The quantitative estimate of drug-likeness (QED) is 0.569. The third-order valence-corrected chi connectivity index (χ3v) is 5.25. The molecule has 1 unspecified atom stereocenters. The molecule has 1 heterocycles. The second kappa shape index (κ2) is 9.48. The van der Waals surface area contributed by atoms with Gasteiger partial charge in [-0.25, -0.2) is 9.37 Å². The monoisotopic (exact) mass is 399 g/mol. The maximum atomic E-state index is 13.5. The molecule has 3 aromatic rings. The molecule has 8 heteroatoms. The number of likely N-dealkylation sites (N-methyl/N-ethyl adjacent to an activating group) is 1. The number of aromatic nitrogens is 3. The summed E-state index contributed by atoms with van der Waals surface area (Å²) in [5.74, 6) is 0.298. The molecule has 6 nitrogen and oxygen atoms in total. The molecule has 28 heavy (non-hydrogen) atoms. The molecule has 0 fully saturated rings. The van der Waals surface area contributed by atoms with Crippen molar-refractivity contribution in [3.63, 3.8) is 0 Å². The Balaban J connectivity index is 1.57. The lowest BCUT2D eigenvalue weighted by Crippen LogP contribution is -2.34. The van der Waals surface area contributed by atoms with Gasteiger partial charge >= 0.3 is 0 Å². The van der Waals surface area contributed by atoms with Crippen molar-refractivity contribution < 1.29 is 9.18 Å². The normalized spacial score (nSPS) is 12.1. The molecule has 2 aromatic carbocycles. The molecular formula is C20H22FN5OS. The fraction of sp³-hybridized carbons (Fsp3) is 0.250. The number of nitrogens with one attached hydrogen (secondary N) is 2. The Kier molecular flexibility index (Phi) is 6.78. The Morgan fingerprint density at radius 3 is 2.68 bits per heavy atom. The van der Waals surface area contributed by atoms with Crippen LogP contribution in [0.15, 0.2) is 60.0 Å². The number of halogens is 1. The van der Waals surface area contributed by atoms with E-state index in [0.29, 0.717) is 12.1 Å². The van der Waals surface area contributed by atoms with Gasteiger partial charge in [-0.05, 0) is 49.5 Å². The zero-order valence-electron chi connectivity index (χ0n) is 15.7. The first-order valence-electron chi connectivity index (χ1n) is 8.80. The van der Waals surface area contributed by atoms with E-state index in [9.17, 15) is 9.18 Å². The molecule has 1 atom stereocenters. The van der Waals surface area contributed by atoms with E-state index in [1.807, 2.05) is 37.2 Å². The molecule has 0 bridgehead atoms. The van der Waals surface area contributed by atoms with Crippen LogP contribution in [-0.4, -0.2) is 46.6 Å². The van der Waals surface area contributed by atoms with Crippen LogP contribution in [0.3, 0.4) is 0 Å². The topological polar surface area (TPSA) is 73.9 Å². The van der Waals surface area contributed by atoms with Crippen molar-refractivity contribution >= 4 is 17.7 Å². The van der Waals surface area contributed by atoms with Crippen LogP contribution in [0, 0.1) is 5.82 Å². The number of carbonyl (C=O) groups excluding carboxylic acids is 1. The zero-order valence-corrected chi connectivity index (χ0v) is 16.5. The van der Waals surface area contributed by atoms with Gasteiger partial charge in [0.25, 0.3) is 5.91 Å². The standard InChI is InChI=1S/C20H22FN5OS/c1-26(2)18(16-4-3-5-17(21)10-16)11-22-19(27)15-8-6-14(7-9-15)12-28-20-23-13-24-25-20/h3-10,13,18H,11-12H2,1-2H3,(H,22,27)(H,23,24,25). The molecule has 0 aliphatic carbocycles. The Hall–Kier alpha value is -2.71. The first kappa shape index (κ1) is 20.0. The van der Waals surface area contributed by atoms with Gasteiger partial charge in [0, 0.05) is 17.9 Å². The SMILES string of the molecule is CN(C)C(CNC(=O)c1ccc(CSc2ncn[nH]2)cc1)c1cccc(F)c1. The van der Waals surface area contributed by atoms with Crippen molar-refractivity contribution in [3.8, 4) is 0 Å². The summed E-state index contributed by atoms with van der Waals surface area (Å²) in [5, 5.41) is 10.3. The first-order valence-corrected chi connectivity index (χ1v) is 9.78. The van der Waals surface area contributed by atoms with Gasteiger partial charge in [0.2, 0.25) is 0 Å². The van der Waals surface area contributed by atoms with Crippen LogP contribution in [0.2, 0.25) is 0 Å². The molecule has 1 amide bonds. The van der Waals surface area contributed by atoms with Gasteiger partial charge in [-0.15, -0.1) is 0 Å². The fourth-order valence-corrected chi connectivity index (χ4v) is 3.51. The van der Waals surface area contributed by atoms with Gasteiger partial charge in [-0.1, -0.05) is 36.0 Å². The number of thioether (sulfide) groups is 1. The molecule has 2 N–H and O–H groups in total. The Morgan fingerprint density at radius 2 is 2.04 bits per heavy atom. The van der Waals surface area contributed by atoms with Crippen molar-refractivity contribution in [2.45, 2.75) is 17.0 Å². The highest BCUT2D eigenvalue weighted by Gasteiger charge is 2.16. The number of hydrogen-bond donors (Lipinski definition) is 2. The van der Waals surface area contributed by atoms with E-state index in [4.69, 9.17) is 0 Å². The minimum Gasteiger partial charge on any atom is -0.350 e. The number of carbonyl (C=O) groups is 1. The van der Waals surface area contributed by atoms with Crippen molar-refractivity contribution in [3.05, 3.63) is 77.4 Å². The van der Waals surface area contributed by atoms with E-state index in [1.54, 1.807) is 30.0 Å². The molecule has 0 radical (unpaired) electrons. The summed E-state index contributed by atoms with van der Waals surface area (Å²) in [6, 6.07) is 13.8. The highest BCUT2D eigenvalue weighted by atomic mass is 32.2. The lowest BCUT2D eigenvalue weighted by atomic mass is 10.1. The highest BCUT2D eigenvalue weighted by molar-refractivity contribution is 7.98. The predicted molar refractivity (Wildman–Crippen MR) is 108 cm³/mol. The van der Waals surface area contributed by atoms with Crippen molar-refractivity contribution in [2.75, 3.05) is 20.6 Å². The average molecular weight is 399 g/mol. The molecular weight excluding hydrogens is 377 g/mol. The molecule has 0 saturated heterocycles. The van der Waals surface area contributed by atoms with Crippen molar-refractivity contribution in [2.24, 2.45) is 0 Å². The van der Waals surface area contributed by atoms with Gasteiger partial charge < -0.3 is 10.2 Å². The van der Waals surface area contributed by atoms with E-state index in [0.717, 1.165) is 22.0 Å². The second-order valence-corrected chi connectivity index (χ2v) is 7.48. The van der Waals surface area contributed by atoms with Crippen LogP contribution >= 0.6 is 11.8 Å². The van der Waals surface area contributed by atoms with E-state index < -0.39 is 0 Å². The maximum absolute atomic E-state index is 13.5. The zero-order chi connectivity index (χ0) is 19.9. The number of H-pyrrole nitrogens is 1. The largest absolute Gasteiger partial charge is 0.350 e. The lowest BCUT2D eigenvalue weighted by molar-refractivity contribution is 0.0942. The number of nitrogens with zero attached hydrogens (tertiary/aromatic N) is 3. The number of rotatable bonds is 8. The van der Waals surface area contributed by atoms with E-state index in [-0.39, 0.29) is 17.8 Å². The summed E-state index contributed by atoms with van der Waals surface area (Å²) in [6.07, 6.45) is 1.47. The van der Waals surface area contributed by atoms with Crippen LogP contribution in [0.1, 0.15) is 27.5 Å². The maximum Gasteiger partial charge on any atom is 0.251 e. The van der Waals surface area contributed by atoms with Crippen LogP contribution in [0.4, 0.5) is 4.39 Å². The van der Waals surface area contributed by atoms with Gasteiger partial charge in [0.05, 0.1) is 6.04 Å². The van der Waals surface area contributed by atoms with Crippen molar-refractivity contribution in [1.29, 1.82) is 0 Å². The highest BCUT2D eigenvalue weighted by Crippen LogP contribution is 2.20. The van der Waals surface area contributed by atoms with Gasteiger partial charge in [-0.2, -0.15) is 5.10 Å². The summed E-state index contributed by atoms with van der Waals surface area (Å²) < 4.78 is 13.5. The minimum absolute atomic E-state index is 0.114. The van der Waals surface area contributed by atoms with E-state index in [2.05, 4.69) is 20.5 Å². The van der Waals surface area contributed by atoms with Crippen LogP contribution in [0.25, 0.3) is 0 Å². The van der Waals surface area contributed by atoms with Crippen LogP contribution in [-0.2, 0) is 5.75 Å². The third-order valence-electron chi connectivity index (χ3n) is 4.30. The summed E-state index contributed by atoms with van der Waals surface area (Å²) in [7, 11) is 3.81. The smallest absolute Gasteiger partial charge is 0.251 e. The summed E-state index contributed by atoms with van der Waals surface area (Å²) in [5.41, 5.74) is 2.50. The Labute approximate surface area is 167 Å². The lowest BCUT2D eigenvalue weighted by Gasteiger charge is -2.25. The predicted octanol–water partition coefficient (Wildman–Crippen LogP) is 3.27. The van der Waals surface area contributed by atoms with Gasteiger partial charge in [-0.3, -0.25) is 9.89 Å². The van der Waals surface area contributed by atoms with Gasteiger partial charge in [0.15, 0.2) is 5.16 Å². The number of aromatic amines is 1. The van der Waals surface area contributed by atoms with Crippen LogP contribution in [0.5, 0.6) is 0 Å². The minimum atomic E-state index is -0.283. The van der Waals surface area contributed by atoms with Gasteiger partial charge in [0.1, 0.15) is 12.1 Å². The molecule has 0 saturated carbocycles. The third kappa shape index (κ3) is 5.40. The fourth-order valence-electron chi connectivity index (χ4n) is 2.77. The number of benzene rings is 2. The first-order chi connectivity index (χ1) is 13.5. The summed E-state index contributed by atoms with van der Waals surface area (Å²) in [4.78, 5) is 18.5. The average Bonchev–Trinajstić information content (AvgIpc) is 3.20. The van der Waals surface area contributed by atoms with E-state index in [1.165, 1.54) is 18.5 Å². The number of hydrogen-bond acceptors (Lipinski definition) is 5. The molecule has 0 spiro atoms. The molecule has 0 aliphatic rings. The molecule has 1 aromatic heterocycles. The molecule has 146 valence electrons. The second-order valence-electron chi connectivity index (χ2n) is 6.52. The Bertz CT molecular complexity index is 899. The summed E-state index contributed by atoms with van der Waals surface area (Å²) in [6.45, 7) is 0.387. The summed E-state index contributed by atoms with van der Waals surface area (Å²) >= 11 is 1.54. The number of amides is 1. The molecule has 3 rings (SSSR count). The van der Waals surface area contributed by atoms with E-state index >= 15 is 0 Å². The molecule has 0 aliphatic heterocycles. The van der Waals surface area contributed by atoms with Crippen LogP contribution < -0.4 is 5.32 Å². The van der Waals surface area contributed by atoms with Crippen molar-refractivity contribution in [1.82, 2.24) is 25.4 Å². The Morgan fingerprint density at radius 1 is 1.25 bits per heavy atom.